The number of hydrogen-bond donors (Lipinski definition) is 1. The molecule has 2 nitrogen and oxygen atoms in total. The van der Waals surface area contributed by atoms with Crippen molar-refractivity contribution >= 4 is 21.9 Å². The molecular formula is C10H15BrO2. The minimum absolute atomic E-state index is 0.248. The molecule has 0 aromatic rings. The molecule has 0 saturated heterocycles. The lowest BCUT2D eigenvalue weighted by Gasteiger charge is -2.35. The van der Waals surface area contributed by atoms with E-state index >= 15 is 0 Å². The zero-order valence-corrected chi connectivity index (χ0v) is 9.81. The van der Waals surface area contributed by atoms with Gasteiger partial charge in [0.1, 0.15) is 0 Å². The van der Waals surface area contributed by atoms with Crippen molar-refractivity contribution in [1.29, 1.82) is 0 Å². The van der Waals surface area contributed by atoms with Crippen LogP contribution in [0.4, 0.5) is 0 Å². The Balaban J connectivity index is 3.14. The smallest absolute Gasteiger partial charge is 0.310 e. The summed E-state index contributed by atoms with van der Waals surface area (Å²) in [6, 6.07) is 0. The van der Waals surface area contributed by atoms with E-state index in [1.54, 1.807) is 0 Å². The summed E-state index contributed by atoms with van der Waals surface area (Å²) >= 11 is 3.30. The minimum Gasteiger partial charge on any atom is -0.481 e. The SMILES string of the molecule is CC1(C)/C(=C/Br)CC[C@@]1(C)C(=O)O. The highest BCUT2D eigenvalue weighted by atomic mass is 79.9. The van der Waals surface area contributed by atoms with Crippen LogP contribution < -0.4 is 0 Å². The number of carbonyl (C=O) groups is 1. The summed E-state index contributed by atoms with van der Waals surface area (Å²) < 4.78 is 0. The molecule has 3 heteroatoms. The fourth-order valence-electron chi connectivity index (χ4n) is 1.93. The largest absolute Gasteiger partial charge is 0.481 e. The van der Waals surface area contributed by atoms with Gasteiger partial charge in [0.25, 0.3) is 0 Å². The van der Waals surface area contributed by atoms with Crippen molar-refractivity contribution < 1.29 is 9.90 Å². The summed E-state index contributed by atoms with van der Waals surface area (Å²) in [6.45, 7) is 5.83. The maximum atomic E-state index is 11.2. The third-order valence-electron chi connectivity index (χ3n) is 3.68. The van der Waals surface area contributed by atoms with Crippen molar-refractivity contribution in [1.82, 2.24) is 0 Å². The van der Waals surface area contributed by atoms with Crippen molar-refractivity contribution in [3.63, 3.8) is 0 Å². The first-order valence-corrected chi connectivity index (χ1v) is 5.31. The predicted octanol–water partition coefficient (Wildman–Crippen LogP) is 3.18. The van der Waals surface area contributed by atoms with Crippen LogP contribution in [0.25, 0.3) is 0 Å². The number of carboxylic acids is 1. The molecule has 1 rings (SSSR count). The molecule has 1 saturated carbocycles. The van der Waals surface area contributed by atoms with Gasteiger partial charge in [0.15, 0.2) is 0 Å². The Labute approximate surface area is 87.2 Å². The van der Waals surface area contributed by atoms with Crippen LogP contribution in [0, 0.1) is 10.8 Å². The first-order chi connectivity index (χ1) is 5.86. The van der Waals surface area contributed by atoms with Crippen LogP contribution in [-0.2, 0) is 4.79 Å². The third-order valence-corrected chi connectivity index (χ3v) is 4.23. The molecule has 0 aromatic heterocycles. The van der Waals surface area contributed by atoms with Gasteiger partial charge >= 0.3 is 5.97 Å². The number of rotatable bonds is 1. The van der Waals surface area contributed by atoms with E-state index in [-0.39, 0.29) is 5.41 Å². The fourth-order valence-corrected chi connectivity index (χ4v) is 2.73. The van der Waals surface area contributed by atoms with Crippen LogP contribution in [0.5, 0.6) is 0 Å². The van der Waals surface area contributed by atoms with Gasteiger partial charge in [0.05, 0.1) is 5.41 Å². The Morgan fingerprint density at radius 3 is 2.31 bits per heavy atom. The van der Waals surface area contributed by atoms with Gasteiger partial charge in [-0.3, -0.25) is 4.79 Å². The van der Waals surface area contributed by atoms with E-state index in [1.807, 2.05) is 25.8 Å². The first kappa shape index (κ1) is 10.8. The second kappa shape index (κ2) is 3.12. The van der Waals surface area contributed by atoms with Crippen LogP contribution >= 0.6 is 15.9 Å². The summed E-state index contributed by atoms with van der Waals surface area (Å²) in [4.78, 5) is 13.0. The Kier molecular flexibility index (Phi) is 2.59. The van der Waals surface area contributed by atoms with Crippen LogP contribution in [0.15, 0.2) is 10.6 Å². The number of allylic oxidation sites excluding steroid dienone is 1. The Bertz CT molecular complexity index is 268. The van der Waals surface area contributed by atoms with Crippen molar-refractivity contribution in [2.45, 2.75) is 33.6 Å². The van der Waals surface area contributed by atoms with Crippen molar-refractivity contribution in [3.8, 4) is 0 Å². The maximum absolute atomic E-state index is 11.2. The molecule has 0 amide bonds. The van der Waals surface area contributed by atoms with Crippen LogP contribution in [0.3, 0.4) is 0 Å². The number of hydrogen-bond acceptors (Lipinski definition) is 1. The minimum atomic E-state index is -0.693. The first-order valence-electron chi connectivity index (χ1n) is 4.39. The van der Waals surface area contributed by atoms with Gasteiger partial charge in [0, 0.05) is 5.41 Å². The molecule has 13 heavy (non-hydrogen) atoms. The lowest BCUT2D eigenvalue weighted by atomic mass is 9.68. The fraction of sp³-hybridized carbons (Fsp3) is 0.700. The third kappa shape index (κ3) is 1.33. The van der Waals surface area contributed by atoms with E-state index in [0.717, 1.165) is 12.8 Å². The average Bonchev–Trinajstić information content (AvgIpc) is 2.25. The number of aliphatic carboxylic acids is 1. The summed E-state index contributed by atoms with van der Waals surface area (Å²) in [5, 5.41) is 9.18. The Morgan fingerprint density at radius 1 is 1.54 bits per heavy atom. The molecule has 0 aliphatic heterocycles. The number of carboxylic acid groups (broad SMARTS) is 1. The second-order valence-corrected chi connectivity index (χ2v) is 4.85. The molecule has 1 aliphatic rings. The van der Waals surface area contributed by atoms with Crippen LogP contribution in [-0.4, -0.2) is 11.1 Å². The van der Waals surface area contributed by atoms with Gasteiger partial charge in [-0.15, -0.1) is 0 Å². The molecule has 0 radical (unpaired) electrons. The summed E-state index contributed by atoms with van der Waals surface area (Å²) in [5.74, 6) is -0.693. The van der Waals surface area contributed by atoms with Gasteiger partial charge in [-0.25, -0.2) is 0 Å². The lowest BCUT2D eigenvalue weighted by molar-refractivity contribution is -0.152. The maximum Gasteiger partial charge on any atom is 0.310 e. The van der Waals surface area contributed by atoms with Gasteiger partial charge in [-0.2, -0.15) is 0 Å². The molecule has 0 unspecified atom stereocenters. The standard InChI is InChI=1S/C10H15BrO2/c1-9(2)7(6-11)4-5-10(9,3)8(12)13/h6H,4-5H2,1-3H3,(H,12,13)/b7-6+/t10-/m0/s1. The van der Waals surface area contributed by atoms with E-state index in [1.165, 1.54) is 5.57 Å². The van der Waals surface area contributed by atoms with Gasteiger partial charge in [-0.05, 0) is 24.8 Å². The zero-order valence-electron chi connectivity index (χ0n) is 8.22. The van der Waals surface area contributed by atoms with Crippen LogP contribution in [0.2, 0.25) is 0 Å². The Morgan fingerprint density at radius 2 is 2.08 bits per heavy atom. The molecular weight excluding hydrogens is 232 g/mol. The van der Waals surface area contributed by atoms with Crippen LogP contribution in [0.1, 0.15) is 33.6 Å². The molecule has 1 aliphatic carbocycles. The molecule has 0 aromatic carbocycles. The van der Waals surface area contributed by atoms with Gasteiger partial charge in [-0.1, -0.05) is 35.4 Å². The normalized spacial score (nSPS) is 35.2. The van der Waals surface area contributed by atoms with E-state index in [9.17, 15) is 9.90 Å². The van der Waals surface area contributed by atoms with Crippen molar-refractivity contribution in [3.05, 3.63) is 10.6 Å². The second-order valence-electron chi connectivity index (χ2n) is 4.40. The average molecular weight is 247 g/mol. The Hall–Kier alpha value is -0.310. The molecule has 74 valence electrons. The van der Waals surface area contributed by atoms with Gasteiger partial charge in [0.2, 0.25) is 0 Å². The zero-order chi connectivity index (χ0) is 10.3. The van der Waals surface area contributed by atoms with E-state index in [4.69, 9.17) is 0 Å². The van der Waals surface area contributed by atoms with E-state index < -0.39 is 11.4 Å². The summed E-state index contributed by atoms with van der Waals surface area (Å²) in [6.07, 6.45) is 1.60. The van der Waals surface area contributed by atoms with Crippen molar-refractivity contribution in [2.75, 3.05) is 0 Å². The summed E-state index contributed by atoms with van der Waals surface area (Å²) in [5.41, 5.74) is 0.326. The quantitative estimate of drug-likeness (QED) is 0.772. The highest BCUT2D eigenvalue weighted by Crippen LogP contribution is 2.55. The molecule has 1 N–H and O–H groups in total. The predicted molar refractivity (Wildman–Crippen MR) is 55.8 cm³/mol. The lowest BCUT2D eigenvalue weighted by Crippen LogP contribution is -2.38. The highest BCUT2D eigenvalue weighted by molar-refractivity contribution is 9.11. The monoisotopic (exact) mass is 246 g/mol. The highest BCUT2D eigenvalue weighted by Gasteiger charge is 2.53. The molecule has 1 fully saturated rings. The topological polar surface area (TPSA) is 37.3 Å². The number of halogens is 1. The van der Waals surface area contributed by atoms with Crippen molar-refractivity contribution in [2.24, 2.45) is 10.8 Å². The molecule has 0 bridgehead atoms. The van der Waals surface area contributed by atoms with E-state index in [0.29, 0.717) is 0 Å². The van der Waals surface area contributed by atoms with Gasteiger partial charge < -0.3 is 5.11 Å². The molecule has 1 atom stereocenters. The molecule has 0 heterocycles. The van der Waals surface area contributed by atoms with E-state index in [2.05, 4.69) is 15.9 Å². The summed E-state index contributed by atoms with van der Waals surface area (Å²) in [7, 11) is 0. The molecule has 0 spiro atoms.